The van der Waals surface area contributed by atoms with Gasteiger partial charge in [0.1, 0.15) is 0 Å². The van der Waals surface area contributed by atoms with Crippen LogP contribution in [0.2, 0.25) is 0 Å². The van der Waals surface area contributed by atoms with E-state index >= 15 is 0 Å². The van der Waals surface area contributed by atoms with Gasteiger partial charge in [-0.15, -0.1) is 11.3 Å². The minimum atomic E-state index is 0.306. The first kappa shape index (κ1) is 14.0. The van der Waals surface area contributed by atoms with E-state index in [1.165, 1.54) is 29.1 Å². The van der Waals surface area contributed by atoms with Crippen LogP contribution in [0.15, 0.2) is 12.1 Å². The third-order valence-electron chi connectivity index (χ3n) is 3.70. The summed E-state index contributed by atoms with van der Waals surface area (Å²) in [7, 11) is 0. The fourth-order valence-corrected chi connectivity index (χ4v) is 4.07. The fourth-order valence-electron chi connectivity index (χ4n) is 2.91. The third kappa shape index (κ3) is 3.14. The molecule has 0 aromatic carbocycles. The van der Waals surface area contributed by atoms with Crippen molar-refractivity contribution in [2.45, 2.75) is 52.1 Å². The van der Waals surface area contributed by atoms with E-state index in [0.29, 0.717) is 18.0 Å². The Kier molecular flexibility index (Phi) is 4.82. The second-order valence-corrected chi connectivity index (χ2v) is 7.00. The van der Waals surface area contributed by atoms with Gasteiger partial charge in [0.15, 0.2) is 0 Å². The molecule has 1 fully saturated rings. The van der Waals surface area contributed by atoms with Gasteiger partial charge in [-0.2, -0.15) is 0 Å². The van der Waals surface area contributed by atoms with E-state index in [1.807, 2.05) is 11.3 Å². The molecule has 0 radical (unpaired) electrons. The molecule has 2 heterocycles. The zero-order valence-electron chi connectivity index (χ0n) is 11.9. The lowest BCUT2D eigenvalue weighted by molar-refractivity contribution is 0.116. The number of hydrogen-bond donors (Lipinski definition) is 1. The molecule has 2 N–H and O–H groups in total. The van der Waals surface area contributed by atoms with E-state index in [9.17, 15) is 0 Å². The first-order valence-corrected chi connectivity index (χ1v) is 8.01. The molecule has 2 unspecified atom stereocenters. The first-order chi connectivity index (χ1) is 8.61. The highest BCUT2D eigenvalue weighted by Gasteiger charge is 2.31. The molecule has 0 aliphatic carbocycles. The van der Waals surface area contributed by atoms with Gasteiger partial charge in [-0.1, -0.05) is 20.8 Å². The van der Waals surface area contributed by atoms with Gasteiger partial charge >= 0.3 is 0 Å². The Morgan fingerprint density at radius 3 is 2.83 bits per heavy atom. The molecule has 18 heavy (non-hydrogen) atoms. The average Bonchev–Trinajstić information content (AvgIpc) is 2.76. The van der Waals surface area contributed by atoms with E-state index in [1.54, 1.807) is 0 Å². The van der Waals surface area contributed by atoms with Gasteiger partial charge < -0.3 is 5.73 Å². The van der Waals surface area contributed by atoms with E-state index in [2.05, 4.69) is 37.8 Å². The molecule has 2 atom stereocenters. The van der Waals surface area contributed by atoms with Crippen molar-refractivity contribution < 1.29 is 0 Å². The molecular weight excluding hydrogens is 240 g/mol. The van der Waals surface area contributed by atoms with Crippen LogP contribution in [0.1, 0.15) is 49.4 Å². The maximum Gasteiger partial charge on any atom is 0.0593 e. The monoisotopic (exact) mass is 266 g/mol. The van der Waals surface area contributed by atoms with Crippen molar-refractivity contribution in [2.75, 3.05) is 13.1 Å². The third-order valence-corrected chi connectivity index (χ3v) is 5.00. The van der Waals surface area contributed by atoms with E-state index < -0.39 is 0 Å². The fraction of sp³-hybridized carbons (Fsp3) is 0.733. The van der Waals surface area contributed by atoms with E-state index in [0.717, 1.165) is 13.0 Å². The standard InChI is InChI=1S/C15H26N2S/c1-4-12-7-8-14(18-12)15-13(16)6-5-9-17(15)10-11(2)3/h7-8,11,13,15H,4-6,9-10,16H2,1-3H3. The normalized spacial score (nSPS) is 25.8. The van der Waals surface area contributed by atoms with Crippen molar-refractivity contribution in [1.29, 1.82) is 0 Å². The van der Waals surface area contributed by atoms with Crippen molar-refractivity contribution in [3.8, 4) is 0 Å². The zero-order valence-corrected chi connectivity index (χ0v) is 12.7. The van der Waals surface area contributed by atoms with Gasteiger partial charge in [-0.25, -0.2) is 0 Å². The Morgan fingerprint density at radius 1 is 1.44 bits per heavy atom. The largest absolute Gasteiger partial charge is 0.326 e. The van der Waals surface area contributed by atoms with Crippen molar-refractivity contribution in [2.24, 2.45) is 11.7 Å². The molecule has 1 aliphatic rings. The van der Waals surface area contributed by atoms with Crippen molar-refractivity contribution in [3.05, 3.63) is 21.9 Å². The van der Waals surface area contributed by atoms with Crippen molar-refractivity contribution >= 4 is 11.3 Å². The minimum absolute atomic E-state index is 0.306. The van der Waals surface area contributed by atoms with Crippen LogP contribution in [0, 0.1) is 5.92 Å². The predicted molar refractivity (Wildman–Crippen MR) is 80.1 cm³/mol. The molecule has 102 valence electrons. The number of aryl methyl sites for hydroxylation is 1. The van der Waals surface area contributed by atoms with Gasteiger partial charge in [-0.3, -0.25) is 4.90 Å². The number of rotatable bonds is 4. The molecular formula is C15H26N2S. The number of piperidine rings is 1. The van der Waals surface area contributed by atoms with E-state index in [4.69, 9.17) is 5.73 Å². The highest BCUT2D eigenvalue weighted by Crippen LogP contribution is 2.34. The molecule has 2 nitrogen and oxygen atoms in total. The molecule has 1 aromatic rings. The molecule has 0 saturated carbocycles. The van der Waals surface area contributed by atoms with Crippen molar-refractivity contribution in [1.82, 2.24) is 4.90 Å². The number of hydrogen-bond acceptors (Lipinski definition) is 3. The molecule has 2 rings (SSSR count). The predicted octanol–water partition coefficient (Wildman–Crippen LogP) is 3.43. The average molecular weight is 266 g/mol. The topological polar surface area (TPSA) is 29.3 Å². The van der Waals surface area contributed by atoms with Crippen LogP contribution in [0.5, 0.6) is 0 Å². The van der Waals surface area contributed by atoms with Gasteiger partial charge in [0.25, 0.3) is 0 Å². The maximum absolute atomic E-state index is 6.39. The SMILES string of the molecule is CCc1ccc(C2C(N)CCCN2CC(C)C)s1. The molecule has 3 heteroatoms. The molecule has 1 aliphatic heterocycles. The molecule has 0 bridgehead atoms. The number of nitrogens with two attached hydrogens (primary N) is 1. The quantitative estimate of drug-likeness (QED) is 0.904. The zero-order chi connectivity index (χ0) is 13.1. The lowest BCUT2D eigenvalue weighted by Gasteiger charge is -2.40. The van der Waals surface area contributed by atoms with Crippen LogP contribution < -0.4 is 5.73 Å². The van der Waals surface area contributed by atoms with E-state index in [-0.39, 0.29) is 0 Å². The highest BCUT2D eigenvalue weighted by molar-refractivity contribution is 7.12. The Morgan fingerprint density at radius 2 is 2.22 bits per heavy atom. The highest BCUT2D eigenvalue weighted by atomic mass is 32.1. The Labute approximate surface area is 115 Å². The van der Waals surface area contributed by atoms with Crippen LogP contribution in [-0.2, 0) is 6.42 Å². The lowest BCUT2D eigenvalue weighted by Crippen LogP contribution is -2.46. The minimum Gasteiger partial charge on any atom is -0.326 e. The molecule has 0 spiro atoms. The molecule has 1 aromatic heterocycles. The van der Waals surface area contributed by atoms with Crippen LogP contribution in [0.3, 0.4) is 0 Å². The summed E-state index contributed by atoms with van der Waals surface area (Å²) in [4.78, 5) is 5.55. The smallest absolute Gasteiger partial charge is 0.0593 e. The van der Waals surface area contributed by atoms with Crippen LogP contribution in [-0.4, -0.2) is 24.0 Å². The summed E-state index contributed by atoms with van der Waals surface area (Å²) >= 11 is 1.95. The number of likely N-dealkylation sites (tertiary alicyclic amines) is 1. The maximum atomic E-state index is 6.39. The summed E-state index contributed by atoms with van der Waals surface area (Å²) in [5.41, 5.74) is 6.39. The van der Waals surface area contributed by atoms with Crippen LogP contribution in [0.25, 0.3) is 0 Å². The Balaban J connectivity index is 2.18. The second-order valence-electron chi connectivity index (χ2n) is 5.80. The summed E-state index contributed by atoms with van der Waals surface area (Å²) in [6.45, 7) is 9.18. The molecule has 0 amide bonds. The van der Waals surface area contributed by atoms with Crippen LogP contribution >= 0.6 is 11.3 Å². The second kappa shape index (κ2) is 6.18. The Bertz CT molecular complexity index is 372. The van der Waals surface area contributed by atoms with Gasteiger partial charge in [0, 0.05) is 22.3 Å². The van der Waals surface area contributed by atoms with Crippen molar-refractivity contribution in [3.63, 3.8) is 0 Å². The summed E-state index contributed by atoms with van der Waals surface area (Å²) in [6, 6.07) is 5.33. The van der Waals surface area contributed by atoms with Gasteiger partial charge in [-0.05, 0) is 43.9 Å². The molecule has 1 saturated heterocycles. The lowest BCUT2D eigenvalue weighted by atomic mass is 9.94. The number of thiophene rings is 1. The summed E-state index contributed by atoms with van der Waals surface area (Å²) < 4.78 is 0. The number of nitrogens with zero attached hydrogens (tertiary/aromatic N) is 1. The summed E-state index contributed by atoms with van der Waals surface area (Å²) in [5, 5.41) is 0. The first-order valence-electron chi connectivity index (χ1n) is 7.20. The summed E-state index contributed by atoms with van der Waals surface area (Å²) in [6.07, 6.45) is 3.55. The van der Waals surface area contributed by atoms with Gasteiger partial charge in [0.05, 0.1) is 6.04 Å². The Hall–Kier alpha value is -0.380. The van der Waals surface area contributed by atoms with Crippen LogP contribution in [0.4, 0.5) is 0 Å². The summed E-state index contributed by atoms with van der Waals surface area (Å²) in [5.74, 6) is 0.711. The van der Waals surface area contributed by atoms with Gasteiger partial charge in [0.2, 0.25) is 0 Å².